The molecule has 1 aliphatic carbocycles. The highest BCUT2D eigenvalue weighted by Gasteiger charge is 2.27. The van der Waals surface area contributed by atoms with Crippen molar-refractivity contribution in [2.45, 2.75) is 56.1 Å². The van der Waals surface area contributed by atoms with Gasteiger partial charge in [0.25, 0.3) is 0 Å². The lowest BCUT2D eigenvalue weighted by Gasteiger charge is -2.16. The summed E-state index contributed by atoms with van der Waals surface area (Å²) in [7, 11) is 0. The summed E-state index contributed by atoms with van der Waals surface area (Å²) in [6.07, 6.45) is 6.54. The van der Waals surface area contributed by atoms with E-state index in [1.165, 1.54) is 12.8 Å². The van der Waals surface area contributed by atoms with Crippen molar-refractivity contribution in [1.82, 2.24) is 15.1 Å². The second-order valence-corrected chi connectivity index (χ2v) is 8.12. The first-order chi connectivity index (χ1) is 13.2. The number of anilines is 1. The Kier molecular flexibility index (Phi) is 5.48. The fourth-order valence-electron chi connectivity index (χ4n) is 3.74. The standard InChI is InChI=1S/C20H24N4O2S/c25-19(21-14-8-4-1-2-5-9-14)20(26)22-18-16-12-27-13-17(16)23-24(18)15-10-6-3-7-11-15/h3,6-7,10-11,14H,1-2,4-5,8-9,12-13H2,(H,21,25)(H,22,26). The Balaban J connectivity index is 1.51. The first-order valence-corrected chi connectivity index (χ1v) is 10.7. The zero-order valence-electron chi connectivity index (χ0n) is 15.2. The van der Waals surface area contributed by atoms with E-state index in [1.54, 1.807) is 16.4 Å². The molecule has 1 fully saturated rings. The average molecular weight is 385 g/mol. The van der Waals surface area contributed by atoms with E-state index in [1.807, 2.05) is 30.3 Å². The van der Waals surface area contributed by atoms with Gasteiger partial charge in [0.1, 0.15) is 5.82 Å². The summed E-state index contributed by atoms with van der Waals surface area (Å²) in [4.78, 5) is 25.0. The summed E-state index contributed by atoms with van der Waals surface area (Å²) in [5, 5.41) is 10.4. The van der Waals surface area contributed by atoms with Crippen molar-refractivity contribution >= 4 is 29.4 Å². The van der Waals surface area contributed by atoms with Gasteiger partial charge in [-0.3, -0.25) is 9.59 Å². The lowest BCUT2D eigenvalue weighted by Crippen LogP contribution is -2.42. The van der Waals surface area contributed by atoms with Crippen molar-refractivity contribution in [2.75, 3.05) is 5.32 Å². The molecule has 0 saturated heterocycles. The highest BCUT2D eigenvalue weighted by atomic mass is 32.2. The van der Waals surface area contributed by atoms with Gasteiger partial charge in [-0.15, -0.1) is 0 Å². The maximum atomic E-state index is 12.6. The largest absolute Gasteiger partial charge is 0.345 e. The number of nitrogens with zero attached hydrogens (tertiary/aromatic N) is 2. The molecule has 2 aromatic rings. The van der Waals surface area contributed by atoms with Gasteiger partial charge in [-0.25, -0.2) is 4.68 Å². The summed E-state index contributed by atoms with van der Waals surface area (Å²) >= 11 is 1.77. The number of hydrogen-bond acceptors (Lipinski definition) is 4. The SMILES string of the molecule is O=C(Nc1c2c(nn1-c1ccccc1)CSC2)C(=O)NC1CCCCCC1. The topological polar surface area (TPSA) is 76.0 Å². The maximum Gasteiger partial charge on any atom is 0.314 e. The number of aromatic nitrogens is 2. The van der Waals surface area contributed by atoms with Crippen LogP contribution < -0.4 is 10.6 Å². The van der Waals surface area contributed by atoms with Gasteiger partial charge in [0, 0.05) is 23.1 Å². The zero-order valence-corrected chi connectivity index (χ0v) is 16.1. The Morgan fingerprint density at radius 3 is 2.48 bits per heavy atom. The molecule has 0 bridgehead atoms. The van der Waals surface area contributed by atoms with E-state index in [2.05, 4.69) is 15.7 Å². The molecule has 6 nitrogen and oxygen atoms in total. The molecule has 1 aromatic carbocycles. The number of thioether (sulfide) groups is 1. The summed E-state index contributed by atoms with van der Waals surface area (Å²) < 4.78 is 1.74. The lowest BCUT2D eigenvalue weighted by molar-refractivity contribution is -0.136. The normalized spacial score (nSPS) is 17.2. The second kappa shape index (κ2) is 8.17. The number of amides is 2. The monoisotopic (exact) mass is 384 g/mol. The molecule has 2 amide bonds. The zero-order chi connectivity index (χ0) is 18.6. The van der Waals surface area contributed by atoms with E-state index in [4.69, 9.17) is 0 Å². The molecule has 0 unspecified atom stereocenters. The van der Waals surface area contributed by atoms with Crippen LogP contribution in [0.25, 0.3) is 5.69 Å². The van der Waals surface area contributed by atoms with Crippen LogP contribution in [0.3, 0.4) is 0 Å². The molecule has 142 valence electrons. The van der Waals surface area contributed by atoms with Gasteiger partial charge in [0.15, 0.2) is 0 Å². The highest BCUT2D eigenvalue weighted by molar-refractivity contribution is 7.98. The number of carbonyl (C=O) groups is 2. The van der Waals surface area contributed by atoms with E-state index < -0.39 is 11.8 Å². The minimum Gasteiger partial charge on any atom is -0.345 e. The minimum absolute atomic E-state index is 0.103. The van der Waals surface area contributed by atoms with Crippen molar-refractivity contribution in [3.8, 4) is 5.69 Å². The maximum absolute atomic E-state index is 12.6. The molecule has 2 heterocycles. The van der Waals surface area contributed by atoms with Crippen molar-refractivity contribution < 1.29 is 9.59 Å². The summed E-state index contributed by atoms with van der Waals surface area (Å²) in [5.74, 6) is 1.06. The molecule has 1 aliphatic heterocycles. The van der Waals surface area contributed by atoms with Crippen LogP contribution in [0.1, 0.15) is 49.8 Å². The third-order valence-electron chi connectivity index (χ3n) is 5.18. The van der Waals surface area contributed by atoms with Gasteiger partial charge in [-0.2, -0.15) is 16.9 Å². The van der Waals surface area contributed by atoms with Gasteiger partial charge in [-0.1, -0.05) is 43.9 Å². The van der Waals surface area contributed by atoms with Crippen LogP contribution in [0.2, 0.25) is 0 Å². The predicted molar refractivity (Wildman–Crippen MR) is 107 cm³/mol. The van der Waals surface area contributed by atoms with Gasteiger partial charge < -0.3 is 10.6 Å². The van der Waals surface area contributed by atoms with Crippen molar-refractivity contribution in [2.24, 2.45) is 0 Å². The molecular weight excluding hydrogens is 360 g/mol. The molecule has 4 rings (SSSR count). The van der Waals surface area contributed by atoms with Crippen LogP contribution >= 0.6 is 11.8 Å². The molecule has 1 saturated carbocycles. The number of fused-ring (bicyclic) bond motifs is 1. The number of rotatable bonds is 3. The fraction of sp³-hybridized carbons (Fsp3) is 0.450. The quantitative estimate of drug-likeness (QED) is 0.628. The molecule has 1 aromatic heterocycles. The third-order valence-corrected chi connectivity index (χ3v) is 6.15. The number of para-hydroxylation sites is 1. The smallest absolute Gasteiger partial charge is 0.314 e. The van der Waals surface area contributed by atoms with Gasteiger partial charge in [-0.05, 0) is 25.0 Å². The van der Waals surface area contributed by atoms with Crippen molar-refractivity contribution in [3.63, 3.8) is 0 Å². The highest BCUT2D eigenvalue weighted by Crippen LogP contribution is 2.36. The van der Waals surface area contributed by atoms with Crippen LogP contribution in [0.5, 0.6) is 0 Å². The molecule has 2 N–H and O–H groups in total. The van der Waals surface area contributed by atoms with Crippen LogP contribution in [-0.2, 0) is 21.1 Å². The Morgan fingerprint density at radius 2 is 1.74 bits per heavy atom. The van der Waals surface area contributed by atoms with Crippen LogP contribution in [0.15, 0.2) is 30.3 Å². The molecular formula is C20H24N4O2S. The molecule has 0 atom stereocenters. The summed E-state index contributed by atoms with van der Waals surface area (Å²) in [6, 6.07) is 9.79. The van der Waals surface area contributed by atoms with Gasteiger partial charge in [0.2, 0.25) is 0 Å². The summed E-state index contributed by atoms with van der Waals surface area (Å²) in [5.41, 5.74) is 2.86. The molecule has 27 heavy (non-hydrogen) atoms. The summed E-state index contributed by atoms with van der Waals surface area (Å²) in [6.45, 7) is 0. The number of benzene rings is 1. The van der Waals surface area contributed by atoms with Crippen molar-refractivity contribution in [1.29, 1.82) is 0 Å². The fourth-order valence-corrected chi connectivity index (χ4v) is 4.77. The molecule has 0 spiro atoms. The Bertz CT molecular complexity index is 826. The van der Waals surface area contributed by atoms with Crippen LogP contribution in [0, 0.1) is 0 Å². The lowest BCUT2D eigenvalue weighted by atomic mass is 10.1. The second-order valence-electron chi connectivity index (χ2n) is 7.13. The Morgan fingerprint density at radius 1 is 1.00 bits per heavy atom. The molecule has 0 radical (unpaired) electrons. The average Bonchev–Trinajstić information content (AvgIpc) is 3.17. The van der Waals surface area contributed by atoms with E-state index in [0.717, 1.165) is 54.1 Å². The van der Waals surface area contributed by atoms with E-state index in [0.29, 0.717) is 5.82 Å². The number of hydrogen-bond donors (Lipinski definition) is 2. The minimum atomic E-state index is -0.615. The van der Waals surface area contributed by atoms with Crippen LogP contribution in [0.4, 0.5) is 5.82 Å². The van der Waals surface area contributed by atoms with Crippen LogP contribution in [-0.4, -0.2) is 27.6 Å². The molecule has 2 aliphatic rings. The third kappa shape index (κ3) is 4.03. The van der Waals surface area contributed by atoms with Gasteiger partial charge >= 0.3 is 11.8 Å². The van der Waals surface area contributed by atoms with Gasteiger partial charge in [0.05, 0.1) is 11.4 Å². The van der Waals surface area contributed by atoms with E-state index >= 15 is 0 Å². The predicted octanol–water partition coefficient (Wildman–Crippen LogP) is 3.40. The molecule has 7 heteroatoms. The first kappa shape index (κ1) is 18.1. The van der Waals surface area contributed by atoms with E-state index in [9.17, 15) is 9.59 Å². The number of carbonyl (C=O) groups excluding carboxylic acids is 2. The number of nitrogens with one attached hydrogen (secondary N) is 2. The van der Waals surface area contributed by atoms with Crippen molar-refractivity contribution in [3.05, 3.63) is 41.6 Å². The Hall–Kier alpha value is -2.28. The van der Waals surface area contributed by atoms with E-state index in [-0.39, 0.29) is 6.04 Å². The first-order valence-electron chi connectivity index (χ1n) is 9.58. The Labute approximate surface area is 163 Å².